The van der Waals surface area contributed by atoms with Crippen molar-refractivity contribution in [1.29, 1.82) is 0 Å². The SMILES string of the molecule is Cc1cc(C2Nc3cc(CN)ccc3N2CC2CCCOC2)cn(C)c1=O. The molecule has 0 amide bonds. The Balaban J connectivity index is 1.71. The van der Waals surface area contributed by atoms with E-state index in [1.165, 1.54) is 12.1 Å². The lowest BCUT2D eigenvalue weighted by Crippen LogP contribution is -2.36. The quantitative estimate of drug-likeness (QED) is 0.868. The Morgan fingerprint density at radius 3 is 2.89 bits per heavy atom. The highest BCUT2D eigenvalue weighted by molar-refractivity contribution is 5.77. The van der Waals surface area contributed by atoms with Gasteiger partial charge in [-0.1, -0.05) is 6.07 Å². The zero-order valence-electron chi connectivity index (χ0n) is 16.1. The highest BCUT2D eigenvalue weighted by atomic mass is 16.5. The Hall–Kier alpha value is -2.31. The molecule has 1 aromatic heterocycles. The van der Waals surface area contributed by atoms with Crippen LogP contribution in [0, 0.1) is 12.8 Å². The van der Waals surface area contributed by atoms with Gasteiger partial charge >= 0.3 is 0 Å². The van der Waals surface area contributed by atoms with Crippen molar-refractivity contribution >= 4 is 11.4 Å². The first-order valence-electron chi connectivity index (χ1n) is 9.68. The van der Waals surface area contributed by atoms with E-state index in [0.29, 0.717) is 12.5 Å². The Morgan fingerprint density at radius 1 is 1.33 bits per heavy atom. The van der Waals surface area contributed by atoms with Crippen LogP contribution in [0.1, 0.15) is 35.7 Å². The maximum Gasteiger partial charge on any atom is 0.253 e. The van der Waals surface area contributed by atoms with Crippen LogP contribution in [0.15, 0.2) is 35.3 Å². The summed E-state index contributed by atoms with van der Waals surface area (Å²) in [6.45, 7) is 5.00. The number of benzene rings is 1. The van der Waals surface area contributed by atoms with Crippen LogP contribution in [-0.4, -0.2) is 24.3 Å². The van der Waals surface area contributed by atoms with Gasteiger partial charge in [0.1, 0.15) is 6.17 Å². The molecule has 1 fully saturated rings. The van der Waals surface area contributed by atoms with Crippen molar-refractivity contribution in [3.05, 3.63) is 57.5 Å². The molecular formula is C21H28N4O2. The van der Waals surface area contributed by atoms with E-state index in [1.54, 1.807) is 4.57 Å². The number of anilines is 2. The summed E-state index contributed by atoms with van der Waals surface area (Å²) in [5, 5.41) is 3.65. The lowest BCUT2D eigenvalue weighted by molar-refractivity contribution is 0.0569. The van der Waals surface area contributed by atoms with Gasteiger partial charge in [0.05, 0.1) is 18.0 Å². The smallest absolute Gasteiger partial charge is 0.253 e. The van der Waals surface area contributed by atoms with Crippen LogP contribution < -0.4 is 21.5 Å². The second kappa shape index (κ2) is 7.37. The van der Waals surface area contributed by atoms with E-state index in [1.807, 2.05) is 26.2 Å². The van der Waals surface area contributed by atoms with Crippen LogP contribution in [0.25, 0.3) is 0 Å². The van der Waals surface area contributed by atoms with Gasteiger partial charge in [-0.05, 0) is 49.4 Å². The molecule has 0 bridgehead atoms. The summed E-state index contributed by atoms with van der Waals surface area (Å²) in [7, 11) is 1.81. The summed E-state index contributed by atoms with van der Waals surface area (Å²) < 4.78 is 7.37. The standard InChI is InChI=1S/C21H28N4O2/c1-14-8-17(12-24(2)21(14)26)20-23-18-9-15(10-22)5-6-19(18)25(20)11-16-4-3-7-27-13-16/h5-6,8-9,12,16,20,23H,3-4,7,10-11,13,22H2,1-2H3. The maximum absolute atomic E-state index is 12.1. The monoisotopic (exact) mass is 368 g/mol. The third-order valence-corrected chi connectivity index (χ3v) is 5.62. The van der Waals surface area contributed by atoms with Crippen molar-refractivity contribution < 1.29 is 4.74 Å². The normalized spacial score (nSPS) is 21.8. The van der Waals surface area contributed by atoms with E-state index in [2.05, 4.69) is 28.4 Å². The highest BCUT2D eigenvalue weighted by Crippen LogP contribution is 2.42. The number of rotatable bonds is 4. The second-order valence-electron chi connectivity index (χ2n) is 7.71. The number of ether oxygens (including phenoxy) is 1. The van der Waals surface area contributed by atoms with Crippen molar-refractivity contribution in [2.45, 2.75) is 32.5 Å². The van der Waals surface area contributed by atoms with Crippen molar-refractivity contribution in [2.24, 2.45) is 18.7 Å². The zero-order chi connectivity index (χ0) is 19.0. The fourth-order valence-corrected chi connectivity index (χ4v) is 4.20. The van der Waals surface area contributed by atoms with Crippen molar-refractivity contribution in [2.75, 3.05) is 30.0 Å². The molecule has 0 spiro atoms. The fourth-order valence-electron chi connectivity index (χ4n) is 4.20. The first-order valence-corrected chi connectivity index (χ1v) is 9.68. The lowest BCUT2D eigenvalue weighted by Gasteiger charge is -2.33. The van der Waals surface area contributed by atoms with Gasteiger partial charge in [0.15, 0.2) is 0 Å². The number of aryl methyl sites for hydroxylation is 2. The molecule has 3 heterocycles. The average molecular weight is 368 g/mol. The first kappa shape index (κ1) is 18.1. The molecule has 2 atom stereocenters. The van der Waals surface area contributed by atoms with Gasteiger partial charge in [-0.3, -0.25) is 4.79 Å². The summed E-state index contributed by atoms with van der Waals surface area (Å²) >= 11 is 0. The number of aromatic nitrogens is 1. The first-order chi connectivity index (χ1) is 13.1. The summed E-state index contributed by atoms with van der Waals surface area (Å²) in [4.78, 5) is 14.5. The number of hydrogen-bond acceptors (Lipinski definition) is 5. The van der Waals surface area contributed by atoms with Gasteiger partial charge in [-0.25, -0.2) is 0 Å². The van der Waals surface area contributed by atoms with E-state index in [-0.39, 0.29) is 11.7 Å². The number of hydrogen-bond donors (Lipinski definition) is 2. The molecule has 1 saturated heterocycles. The van der Waals surface area contributed by atoms with E-state index < -0.39 is 0 Å². The zero-order valence-corrected chi connectivity index (χ0v) is 16.1. The maximum atomic E-state index is 12.1. The Labute approximate surface area is 159 Å². The second-order valence-corrected chi connectivity index (χ2v) is 7.71. The summed E-state index contributed by atoms with van der Waals surface area (Å²) in [6, 6.07) is 8.39. The molecule has 0 saturated carbocycles. The Bertz CT molecular complexity index is 860. The van der Waals surface area contributed by atoms with Gasteiger partial charge < -0.3 is 25.3 Å². The number of nitrogens with one attached hydrogen (secondary N) is 1. The van der Waals surface area contributed by atoms with Crippen LogP contribution in [-0.2, 0) is 18.3 Å². The number of nitrogens with zero attached hydrogens (tertiary/aromatic N) is 2. The average Bonchev–Trinajstić information content (AvgIpc) is 3.04. The number of pyridine rings is 1. The third kappa shape index (κ3) is 3.47. The molecule has 2 unspecified atom stereocenters. The molecule has 0 aliphatic carbocycles. The van der Waals surface area contributed by atoms with Gasteiger partial charge in [0, 0.05) is 44.1 Å². The molecule has 3 N–H and O–H groups in total. The fraction of sp³-hybridized carbons (Fsp3) is 0.476. The number of nitrogens with two attached hydrogens (primary N) is 1. The van der Waals surface area contributed by atoms with Gasteiger partial charge in [-0.15, -0.1) is 0 Å². The molecule has 6 heteroatoms. The molecular weight excluding hydrogens is 340 g/mol. The minimum atomic E-state index is 0.000418. The minimum Gasteiger partial charge on any atom is -0.381 e. The van der Waals surface area contributed by atoms with Crippen molar-refractivity contribution in [3.63, 3.8) is 0 Å². The predicted octanol–water partition coefficient (Wildman–Crippen LogP) is 2.51. The van der Waals surface area contributed by atoms with Crippen molar-refractivity contribution in [1.82, 2.24) is 4.57 Å². The molecule has 6 nitrogen and oxygen atoms in total. The third-order valence-electron chi connectivity index (χ3n) is 5.62. The Morgan fingerprint density at radius 2 is 2.19 bits per heavy atom. The summed E-state index contributed by atoms with van der Waals surface area (Å²) in [5.41, 5.74) is 11.1. The number of fused-ring (bicyclic) bond motifs is 1. The molecule has 1 aromatic carbocycles. The minimum absolute atomic E-state index is 0.000418. The summed E-state index contributed by atoms with van der Waals surface area (Å²) in [5.74, 6) is 0.511. The largest absolute Gasteiger partial charge is 0.381 e. The molecule has 2 aromatic rings. The van der Waals surface area contributed by atoms with E-state index in [0.717, 1.165) is 48.6 Å². The van der Waals surface area contributed by atoms with Crippen LogP contribution in [0.2, 0.25) is 0 Å². The molecule has 27 heavy (non-hydrogen) atoms. The van der Waals surface area contributed by atoms with E-state index >= 15 is 0 Å². The van der Waals surface area contributed by atoms with Gasteiger partial charge in [0.2, 0.25) is 0 Å². The van der Waals surface area contributed by atoms with Crippen molar-refractivity contribution in [3.8, 4) is 0 Å². The highest BCUT2D eigenvalue weighted by Gasteiger charge is 2.32. The molecule has 2 aliphatic heterocycles. The van der Waals surface area contributed by atoms with Crippen LogP contribution in [0.5, 0.6) is 0 Å². The van der Waals surface area contributed by atoms with E-state index in [9.17, 15) is 4.79 Å². The molecule has 2 aliphatic rings. The molecule has 0 radical (unpaired) electrons. The van der Waals surface area contributed by atoms with Crippen LogP contribution in [0.3, 0.4) is 0 Å². The van der Waals surface area contributed by atoms with Crippen LogP contribution >= 0.6 is 0 Å². The topological polar surface area (TPSA) is 72.5 Å². The predicted molar refractivity (Wildman–Crippen MR) is 108 cm³/mol. The molecule has 4 rings (SSSR count). The summed E-state index contributed by atoms with van der Waals surface area (Å²) in [6.07, 6.45) is 4.24. The van der Waals surface area contributed by atoms with Crippen LogP contribution in [0.4, 0.5) is 11.4 Å². The lowest BCUT2D eigenvalue weighted by atomic mass is 10.0. The van der Waals surface area contributed by atoms with Gasteiger partial charge in [0.25, 0.3) is 5.56 Å². The van der Waals surface area contributed by atoms with E-state index in [4.69, 9.17) is 10.5 Å². The molecule has 144 valence electrons. The van der Waals surface area contributed by atoms with Gasteiger partial charge in [-0.2, -0.15) is 0 Å². The Kier molecular flexibility index (Phi) is 4.93.